The summed E-state index contributed by atoms with van der Waals surface area (Å²) in [4.78, 5) is 23.7. The number of morpholine rings is 1. The average molecular weight is 340 g/mol. The zero-order valence-corrected chi connectivity index (χ0v) is 13.4. The number of aliphatic hydroxyl groups is 1. The van der Waals surface area contributed by atoms with Crippen LogP contribution in [0.2, 0.25) is 0 Å². The topological polar surface area (TPSA) is 94.5 Å². The summed E-state index contributed by atoms with van der Waals surface area (Å²) >= 11 is 0. The zero-order valence-electron chi connectivity index (χ0n) is 13.4. The number of halogens is 1. The van der Waals surface area contributed by atoms with E-state index < -0.39 is 11.9 Å². The first-order valence-corrected chi connectivity index (χ1v) is 7.67. The third-order valence-electron chi connectivity index (χ3n) is 3.65. The van der Waals surface area contributed by atoms with Gasteiger partial charge in [0.2, 0.25) is 5.91 Å². The van der Waals surface area contributed by atoms with Crippen molar-refractivity contribution in [3.8, 4) is 0 Å². The summed E-state index contributed by atoms with van der Waals surface area (Å²) in [7, 11) is 0. The van der Waals surface area contributed by atoms with Gasteiger partial charge in [0.15, 0.2) is 0 Å². The van der Waals surface area contributed by atoms with Gasteiger partial charge in [-0.2, -0.15) is 0 Å². The molecule has 1 aliphatic rings. The first kappa shape index (κ1) is 18.1. The minimum atomic E-state index is -1.01. The second-order valence-electron chi connectivity index (χ2n) is 5.49. The summed E-state index contributed by atoms with van der Waals surface area (Å²) in [5, 5.41) is 16.0. The Morgan fingerprint density at radius 1 is 1.50 bits per heavy atom. The molecule has 1 heterocycles. The van der Waals surface area contributed by atoms with Gasteiger partial charge in [0.1, 0.15) is 5.82 Å². The van der Waals surface area contributed by atoms with E-state index in [0.29, 0.717) is 32.0 Å². The predicted octanol–water partition coefficient (Wildman–Crippen LogP) is 0.647. The number of carbonyl (C=O) groups excluding carboxylic acids is 1. The number of anilines is 2. The highest BCUT2D eigenvalue weighted by Crippen LogP contribution is 2.26. The van der Waals surface area contributed by atoms with E-state index in [1.165, 1.54) is 13.0 Å². The lowest BCUT2D eigenvalue weighted by molar-refractivity contribution is -0.119. The Kier molecular flexibility index (Phi) is 6.44. The highest BCUT2D eigenvalue weighted by Gasteiger charge is 2.18. The fourth-order valence-electron chi connectivity index (χ4n) is 2.43. The molecule has 1 aromatic rings. The molecule has 132 valence electrons. The van der Waals surface area contributed by atoms with Crippen LogP contribution in [-0.4, -0.2) is 56.5 Å². The smallest absolute Gasteiger partial charge is 0.216 e. The van der Waals surface area contributed by atoms with E-state index in [-0.39, 0.29) is 24.7 Å². The molecule has 8 nitrogen and oxygen atoms in total. The molecule has 1 fully saturated rings. The Morgan fingerprint density at radius 2 is 2.21 bits per heavy atom. The van der Waals surface area contributed by atoms with Gasteiger partial charge in [-0.3, -0.25) is 4.79 Å². The molecule has 1 aromatic carbocycles. The number of hydrogen-bond donors (Lipinski definition) is 2. The first-order chi connectivity index (χ1) is 11.5. The molecule has 9 heteroatoms. The van der Waals surface area contributed by atoms with Crippen LogP contribution in [0.25, 0.3) is 0 Å². The molecule has 0 bridgehead atoms. The second kappa shape index (κ2) is 8.55. The molecule has 24 heavy (non-hydrogen) atoms. The van der Waals surface area contributed by atoms with E-state index in [1.807, 2.05) is 4.90 Å². The molecule has 0 aromatic heterocycles. The van der Waals surface area contributed by atoms with Crippen molar-refractivity contribution >= 4 is 17.3 Å². The lowest BCUT2D eigenvalue weighted by atomic mass is 10.2. The van der Waals surface area contributed by atoms with E-state index in [2.05, 4.69) is 10.6 Å². The van der Waals surface area contributed by atoms with Crippen molar-refractivity contribution in [2.24, 2.45) is 5.29 Å². The van der Waals surface area contributed by atoms with Crippen LogP contribution in [0.4, 0.5) is 15.8 Å². The number of rotatable bonds is 7. The van der Waals surface area contributed by atoms with Crippen molar-refractivity contribution in [2.45, 2.75) is 13.0 Å². The molecular weight excluding hydrogens is 319 g/mol. The van der Waals surface area contributed by atoms with Gasteiger partial charge >= 0.3 is 0 Å². The van der Waals surface area contributed by atoms with Crippen molar-refractivity contribution in [1.29, 1.82) is 0 Å². The second-order valence-corrected chi connectivity index (χ2v) is 5.49. The van der Waals surface area contributed by atoms with Gasteiger partial charge in [-0.25, -0.2) is 9.40 Å². The molecule has 1 atom stereocenters. The standard InChI is InChI=1S/C15H21FN4O4/c1-11(21)17-9-13(22)10-20(18-23)12-2-3-15(14(16)8-12)19-4-6-24-7-5-19/h2-3,8,13,22H,4-7,9-10H2,1H3,(H,17,21)/t13-/m1/s1. The summed E-state index contributed by atoms with van der Waals surface area (Å²) in [6.07, 6.45) is -1.01. The van der Waals surface area contributed by atoms with E-state index in [9.17, 15) is 19.2 Å². The van der Waals surface area contributed by atoms with Crippen LogP contribution < -0.4 is 15.2 Å². The van der Waals surface area contributed by atoms with Gasteiger partial charge in [0.05, 0.1) is 42.5 Å². The maximum absolute atomic E-state index is 14.4. The van der Waals surface area contributed by atoms with Gasteiger partial charge < -0.3 is 20.1 Å². The van der Waals surface area contributed by atoms with Gasteiger partial charge in [0.25, 0.3) is 0 Å². The van der Waals surface area contributed by atoms with Crippen LogP contribution in [0, 0.1) is 10.7 Å². The largest absolute Gasteiger partial charge is 0.389 e. The lowest BCUT2D eigenvalue weighted by Gasteiger charge is -2.29. The minimum Gasteiger partial charge on any atom is -0.389 e. The van der Waals surface area contributed by atoms with Crippen molar-refractivity contribution in [3.63, 3.8) is 0 Å². The molecule has 0 aliphatic carbocycles. The Balaban J connectivity index is 2.04. The van der Waals surface area contributed by atoms with Crippen LogP contribution in [0.3, 0.4) is 0 Å². The number of nitroso groups, excluding NO2 is 1. The molecule has 0 spiro atoms. The number of carbonyl (C=O) groups is 1. The monoisotopic (exact) mass is 340 g/mol. The van der Waals surface area contributed by atoms with Crippen LogP contribution in [-0.2, 0) is 9.53 Å². The maximum atomic E-state index is 14.4. The SMILES string of the molecule is CC(=O)NC[C@@H](O)CN(N=O)c1ccc(N2CCOCC2)c(F)c1. The number of hydrogen-bond acceptors (Lipinski definition) is 6. The van der Waals surface area contributed by atoms with Crippen LogP contribution in [0.1, 0.15) is 6.92 Å². The van der Waals surface area contributed by atoms with E-state index >= 15 is 0 Å². The fraction of sp³-hybridized carbons (Fsp3) is 0.533. The highest BCUT2D eigenvalue weighted by atomic mass is 19.1. The molecule has 0 unspecified atom stereocenters. The van der Waals surface area contributed by atoms with Gasteiger partial charge in [0, 0.05) is 32.6 Å². The van der Waals surface area contributed by atoms with Crippen molar-refractivity contribution in [2.75, 3.05) is 49.3 Å². The summed E-state index contributed by atoms with van der Waals surface area (Å²) in [6.45, 7) is 3.43. The number of ether oxygens (including phenoxy) is 1. The van der Waals surface area contributed by atoms with E-state index in [1.54, 1.807) is 12.1 Å². The summed E-state index contributed by atoms with van der Waals surface area (Å²) in [5.74, 6) is -0.764. The number of benzene rings is 1. The number of nitrogens with zero attached hydrogens (tertiary/aromatic N) is 3. The van der Waals surface area contributed by atoms with Crippen LogP contribution in [0.5, 0.6) is 0 Å². The highest BCUT2D eigenvalue weighted by molar-refractivity contribution is 5.72. The predicted molar refractivity (Wildman–Crippen MR) is 87.3 cm³/mol. The Hall–Kier alpha value is -2.26. The van der Waals surface area contributed by atoms with Crippen molar-refractivity contribution < 1.29 is 19.0 Å². The van der Waals surface area contributed by atoms with Gasteiger partial charge in [-0.1, -0.05) is 0 Å². The number of amides is 1. The van der Waals surface area contributed by atoms with Gasteiger partial charge in [-0.15, -0.1) is 4.91 Å². The molecule has 1 saturated heterocycles. The fourth-order valence-corrected chi connectivity index (χ4v) is 2.43. The summed E-state index contributed by atoms with van der Waals surface area (Å²) < 4.78 is 19.6. The van der Waals surface area contributed by atoms with Crippen molar-refractivity contribution in [3.05, 3.63) is 28.9 Å². The van der Waals surface area contributed by atoms with Gasteiger partial charge in [-0.05, 0) is 12.1 Å². The zero-order chi connectivity index (χ0) is 17.5. The third-order valence-corrected chi connectivity index (χ3v) is 3.65. The summed E-state index contributed by atoms with van der Waals surface area (Å²) in [5.41, 5.74) is 0.674. The van der Waals surface area contributed by atoms with Crippen molar-refractivity contribution in [1.82, 2.24) is 5.32 Å². The van der Waals surface area contributed by atoms with E-state index in [4.69, 9.17) is 4.74 Å². The third kappa shape index (κ3) is 4.87. The number of aliphatic hydroxyl groups excluding tert-OH is 1. The summed E-state index contributed by atoms with van der Waals surface area (Å²) in [6, 6.07) is 4.35. The normalized spacial score (nSPS) is 15.7. The molecule has 1 aliphatic heterocycles. The molecular formula is C15H21FN4O4. The Labute approximate surface area is 139 Å². The Bertz CT molecular complexity index is 581. The Morgan fingerprint density at radius 3 is 2.79 bits per heavy atom. The maximum Gasteiger partial charge on any atom is 0.216 e. The molecule has 1 amide bonds. The average Bonchev–Trinajstić information content (AvgIpc) is 2.58. The quantitative estimate of drug-likeness (QED) is 0.559. The lowest BCUT2D eigenvalue weighted by Crippen LogP contribution is -2.38. The first-order valence-electron chi connectivity index (χ1n) is 7.67. The minimum absolute atomic E-state index is 0.0182. The molecule has 2 rings (SSSR count). The van der Waals surface area contributed by atoms with Crippen LogP contribution >= 0.6 is 0 Å². The van der Waals surface area contributed by atoms with Crippen LogP contribution in [0.15, 0.2) is 23.5 Å². The molecule has 0 saturated carbocycles. The number of nitrogens with one attached hydrogen (secondary N) is 1. The van der Waals surface area contributed by atoms with E-state index in [0.717, 1.165) is 5.01 Å². The molecule has 0 radical (unpaired) electrons. The molecule has 2 N–H and O–H groups in total.